The minimum Gasteiger partial charge on any atom is -0.374 e. The SMILES string of the molecule is CCNc1snnc1CN(C)c1ccccc1. The molecule has 5 heteroatoms. The van der Waals surface area contributed by atoms with Gasteiger partial charge in [-0.25, -0.2) is 0 Å². The molecule has 0 fully saturated rings. The number of hydrogen-bond donors (Lipinski definition) is 1. The quantitative estimate of drug-likeness (QED) is 0.883. The van der Waals surface area contributed by atoms with Crippen LogP contribution in [0.15, 0.2) is 30.3 Å². The highest BCUT2D eigenvalue weighted by atomic mass is 32.1. The molecule has 1 aromatic carbocycles. The lowest BCUT2D eigenvalue weighted by molar-refractivity contribution is 0.872. The molecule has 0 atom stereocenters. The van der Waals surface area contributed by atoms with Crippen molar-refractivity contribution in [2.45, 2.75) is 13.5 Å². The van der Waals surface area contributed by atoms with E-state index in [0.29, 0.717) is 0 Å². The zero-order valence-electron chi connectivity index (χ0n) is 10.1. The molecule has 0 saturated carbocycles. The lowest BCUT2D eigenvalue weighted by Crippen LogP contribution is -2.17. The summed E-state index contributed by atoms with van der Waals surface area (Å²) < 4.78 is 3.99. The zero-order chi connectivity index (χ0) is 12.1. The molecule has 90 valence electrons. The van der Waals surface area contributed by atoms with Gasteiger partial charge < -0.3 is 10.2 Å². The van der Waals surface area contributed by atoms with Crippen molar-refractivity contribution < 1.29 is 0 Å². The van der Waals surface area contributed by atoms with Crippen LogP contribution in [0.4, 0.5) is 10.7 Å². The highest BCUT2D eigenvalue weighted by molar-refractivity contribution is 7.10. The van der Waals surface area contributed by atoms with E-state index in [1.807, 2.05) is 18.2 Å². The molecule has 17 heavy (non-hydrogen) atoms. The van der Waals surface area contributed by atoms with Gasteiger partial charge in [-0.2, -0.15) is 0 Å². The average molecular weight is 248 g/mol. The molecule has 0 spiro atoms. The summed E-state index contributed by atoms with van der Waals surface area (Å²) in [5.74, 6) is 0. The molecule has 0 saturated heterocycles. The predicted molar refractivity (Wildman–Crippen MR) is 72.6 cm³/mol. The van der Waals surface area contributed by atoms with Crippen LogP contribution in [0.5, 0.6) is 0 Å². The standard InChI is InChI=1S/C12H16N4S/c1-3-13-12-11(14-15-17-12)9-16(2)10-7-5-4-6-8-10/h4-8,13H,3,9H2,1-2H3. The molecule has 0 aliphatic carbocycles. The van der Waals surface area contributed by atoms with Gasteiger partial charge in [-0.05, 0) is 19.1 Å². The van der Waals surface area contributed by atoms with Gasteiger partial charge in [0, 0.05) is 30.8 Å². The Kier molecular flexibility index (Phi) is 3.93. The van der Waals surface area contributed by atoms with E-state index in [1.54, 1.807) is 0 Å². The lowest BCUT2D eigenvalue weighted by Gasteiger charge is -2.18. The van der Waals surface area contributed by atoms with Crippen LogP contribution in [-0.4, -0.2) is 23.2 Å². The minimum atomic E-state index is 0.767. The van der Waals surface area contributed by atoms with Gasteiger partial charge in [-0.15, -0.1) is 5.10 Å². The summed E-state index contributed by atoms with van der Waals surface area (Å²) in [6, 6.07) is 10.3. The summed E-state index contributed by atoms with van der Waals surface area (Å²) in [4.78, 5) is 2.16. The summed E-state index contributed by atoms with van der Waals surface area (Å²) in [6.45, 7) is 3.74. The average Bonchev–Trinajstić information content (AvgIpc) is 2.78. The van der Waals surface area contributed by atoms with Crippen molar-refractivity contribution >= 4 is 22.2 Å². The van der Waals surface area contributed by atoms with Crippen LogP contribution < -0.4 is 10.2 Å². The first kappa shape index (κ1) is 11.9. The Hall–Kier alpha value is -1.62. The maximum Gasteiger partial charge on any atom is 0.135 e. The molecule has 0 unspecified atom stereocenters. The van der Waals surface area contributed by atoms with Crippen molar-refractivity contribution in [2.75, 3.05) is 23.8 Å². The Morgan fingerprint density at radius 1 is 1.29 bits per heavy atom. The normalized spacial score (nSPS) is 10.2. The topological polar surface area (TPSA) is 41.1 Å². The number of nitrogens with one attached hydrogen (secondary N) is 1. The molecule has 0 aliphatic heterocycles. The van der Waals surface area contributed by atoms with Gasteiger partial charge in [-0.3, -0.25) is 0 Å². The lowest BCUT2D eigenvalue weighted by atomic mass is 10.3. The third kappa shape index (κ3) is 2.94. The number of rotatable bonds is 5. The van der Waals surface area contributed by atoms with E-state index in [4.69, 9.17) is 0 Å². The first-order valence-electron chi connectivity index (χ1n) is 5.62. The molecule has 1 N–H and O–H groups in total. The van der Waals surface area contributed by atoms with Crippen molar-refractivity contribution in [1.29, 1.82) is 0 Å². The van der Waals surface area contributed by atoms with Gasteiger partial charge in [-0.1, -0.05) is 22.7 Å². The molecule has 0 bridgehead atoms. The number of nitrogens with zero attached hydrogens (tertiary/aromatic N) is 3. The van der Waals surface area contributed by atoms with Crippen LogP contribution in [-0.2, 0) is 6.54 Å². The van der Waals surface area contributed by atoms with Gasteiger partial charge >= 0.3 is 0 Å². The highest BCUT2D eigenvalue weighted by Gasteiger charge is 2.09. The number of para-hydroxylation sites is 1. The molecular weight excluding hydrogens is 232 g/mol. The third-order valence-electron chi connectivity index (χ3n) is 2.48. The van der Waals surface area contributed by atoms with Crippen LogP contribution in [0.1, 0.15) is 12.6 Å². The number of aromatic nitrogens is 2. The fourth-order valence-corrected chi connectivity index (χ4v) is 2.25. The van der Waals surface area contributed by atoms with Crippen molar-refractivity contribution in [2.24, 2.45) is 0 Å². The summed E-state index contributed by atoms with van der Waals surface area (Å²) in [6.07, 6.45) is 0. The van der Waals surface area contributed by atoms with Crippen LogP contribution in [0.25, 0.3) is 0 Å². The Balaban J connectivity index is 2.08. The van der Waals surface area contributed by atoms with Gasteiger partial charge in [0.15, 0.2) is 0 Å². The first-order chi connectivity index (χ1) is 8.31. The summed E-state index contributed by atoms with van der Waals surface area (Å²) in [5.41, 5.74) is 2.19. The predicted octanol–water partition coefficient (Wildman–Crippen LogP) is 2.61. The Labute approximate surface area is 105 Å². The van der Waals surface area contributed by atoms with Crippen molar-refractivity contribution in [3.05, 3.63) is 36.0 Å². The van der Waals surface area contributed by atoms with Gasteiger partial charge in [0.05, 0.1) is 6.54 Å². The molecule has 1 aromatic heterocycles. The van der Waals surface area contributed by atoms with Crippen LogP contribution in [0.3, 0.4) is 0 Å². The van der Waals surface area contributed by atoms with Gasteiger partial charge in [0.1, 0.15) is 10.7 Å². The molecular formula is C12H16N4S. The summed E-state index contributed by atoms with van der Waals surface area (Å²) >= 11 is 1.41. The summed E-state index contributed by atoms with van der Waals surface area (Å²) in [5, 5.41) is 8.51. The Bertz CT molecular complexity index is 455. The molecule has 2 rings (SSSR count). The van der Waals surface area contributed by atoms with Crippen LogP contribution in [0, 0.1) is 0 Å². The second kappa shape index (κ2) is 5.63. The Morgan fingerprint density at radius 3 is 2.76 bits per heavy atom. The zero-order valence-corrected chi connectivity index (χ0v) is 10.9. The molecule has 0 amide bonds. The monoisotopic (exact) mass is 248 g/mol. The van der Waals surface area contributed by atoms with E-state index in [2.05, 4.69) is 45.9 Å². The number of hydrogen-bond acceptors (Lipinski definition) is 5. The summed E-state index contributed by atoms with van der Waals surface area (Å²) in [7, 11) is 2.06. The van der Waals surface area contributed by atoms with Crippen LogP contribution >= 0.6 is 11.5 Å². The largest absolute Gasteiger partial charge is 0.374 e. The highest BCUT2D eigenvalue weighted by Crippen LogP contribution is 2.21. The Morgan fingerprint density at radius 2 is 2.06 bits per heavy atom. The van der Waals surface area contributed by atoms with E-state index in [-0.39, 0.29) is 0 Å². The first-order valence-corrected chi connectivity index (χ1v) is 6.40. The molecule has 0 radical (unpaired) electrons. The van der Waals surface area contributed by atoms with E-state index >= 15 is 0 Å². The fourth-order valence-electron chi connectivity index (χ4n) is 1.61. The van der Waals surface area contributed by atoms with E-state index in [0.717, 1.165) is 23.8 Å². The number of benzene rings is 1. The third-order valence-corrected chi connectivity index (χ3v) is 3.20. The van der Waals surface area contributed by atoms with E-state index in [9.17, 15) is 0 Å². The van der Waals surface area contributed by atoms with Crippen LogP contribution in [0.2, 0.25) is 0 Å². The van der Waals surface area contributed by atoms with E-state index < -0.39 is 0 Å². The van der Waals surface area contributed by atoms with Gasteiger partial charge in [0.2, 0.25) is 0 Å². The number of anilines is 2. The molecule has 4 nitrogen and oxygen atoms in total. The molecule has 0 aliphatic rings. The van der Waals surface area contributed by atoms with E-state index in [1.165, 1.54) is 17.2 Å². The van der Waals surface area contributed by atoms with Crippen molar-refractivity contribution in [3.8, 4) is 0 Å². The van der Waals surface area contributed by atoms with Crippen molar-refractivity contribution in [3.63, 3.8) is 0 Å². The van der Waals surface area contributed by atoms with Crippen molar-refractivity contribution in [1.82, 2.24) is 9.59 Å². The maximum atomic E-state index is 4.16. The smallest absolute Gasteiger partial charge is 0.135 e. The minimum absolute atomic E-state index is 0.767. The second-order valence-corrected chi connectivity index (χ2v) is 4.52. The molecule has 2 aromatic rings. The maximum absolute atomic E-state index is 4.16. The second-order valence-electron chi connectivity index (χ2n) is 3.77. The fraction of sp³-hybridized carbons (Fsp3) is 0.333. The van der Waals surface area contributed by atoms with Gasteiger partial charge in [0.25, 0.3) is 0 Å². The molecule has 1 heterocycles.